The number of rotatable bonds is 4. The molecule has 2 N–H and O–H groups in total. The third kappa shape index (κ3) is 2.62. The lowest BCUT2D eigenvalue weighted by Gasteiger charge is -2.41. The number of carboxylic acids is 1. The second kappa shape index (κ2) is 4.81. The minimum atomic E-state index is -1.12. The molecule has 18 heavy (non-hydrogen) atoms. The molecule has 1 aromatic rings. The van der Waals surface area contributed by atoms with E-state index in [0.717, 1.165) is 6.07 Å². The summed E-state index contributed by atoms with van der Waals surface area (Å²) in [5.41, 5.74) is -1.01. The van der Waals surface area contributed by atoms with Gasteiger partial charge in [0, 0.05) is 17.6 Å². The van der Waals surface area contributed by atoms with E-state index in [0.29, 0.717) is 4.47 Å². The Labute approximate surface area is 110 Å². The number of hydrogen-bond donors (Lipinski definition) is 2. The normalized spacial score (nSPS) is 17.1. The van der Waals surface area contributed by atoms with E-state index in [1.54, 1.807) is 0 Å². The van der Waals surface area contributed by atoms with Gasteiger partial charge < -0.3 is 15.2 Å². The summed E-state index contributed by atoms with van der Waals surface area (Å²) in [7, 11) is 0. The van der Waals surface area contributed by atoms with Crippen LogP contribution < -0.4 is 10.1 Å². The van der Waals surface area contributed by atoms with Crippen LogP contribution in [0.4, 0.5) is 8.78 Å². The lowest BCUT2D eigenvalue weighted by Crippen LogP contribution is -2.64. The van der Waals surface area contributed by atoms with Gasteiger partial charge in [-0.1, -0.05) is 15.9 Å². The molecule has 7 heteroatoms. The van der Waals surface area contributed by atoms with E-state index in [1.807, 2.05) is 0 Å². The molecule has 98 valence electrons. The molecule has 2 rings (SSSR count). The number of benzene rings is 1. The molecule has 0 spiro atoms. The van der Waals surface area contributed by atoms with Gasteiger partial charge in [0.15, 0.2) is 11.6 Å². The maximum Gasteiger partial charge on any atom is 0.307 e. The first-order valence-electron chi connectivity index (χ1n) is 5.18. The van der Waals surface area contributed by atoms with Crippen LogP contribution in [-0.2, 0) is 4.79 Å². The molecule has 1 heterocycles. The molecule has 0 aromatic heterocycles. The van der Waals surface area contributed by atoms with Gasteiger partial charge in [-0.15, -0.1) is 0 Å². The van der Waals surface area contributed by atoms with Crippen molar-refractivity contribution >= 4 is 21.9 Å². The van der Waals surface area contributed by atoms with Crippen molar-refractivity contribution in [2.24, 2.45) is 0 Å². The summed E-state index contributed by atoms with van der Waals surface area (Å²) in [6.07, 6.45) is -0.270. The quantitative estimate of drug-likeness (QED) is 0.832. The van der Waals surface area contributed by atoms with Gasteiger partial charge in [-0.3, -0.25) is 4.79 Å². The zero-order chi connectivity index (χ0) is 13.3. The average Bonchev–Trinajstić information content (AvgIpc) is 2.21. The fraction of sp³-hybridized carbons (Fsp3) is 0.364. The molecule has 0 saturated carbocycles. The molecule has 0 aliphatic carbocycles. The summed E-state index contributed by atoms with van der Waals surface area (Å²) in [6, 6.07) is 2.26. The number of halogens is 3. The molecule has 0 radical (unpaired) electrons. The Bertz CT molecular complexity index is 491. The predicted octanol–water partition coefficient (Wildman–Crippen LogP) is 1.92. The van der Waals surface area contributed by atoms with E-state index in [-0.39, 0.29) is 25.3 Å². The molecular formula is C11H10BrF2NO3. The SMILES string of the molecule is O=C(O)CC1(Oc2cc(Br)cc(F)c2F)CNC1. The molecule has 4 nitrogen and oxygen atoms in total. The van der Waals surface area contributed by atoms with Gasteiger partial charge in [0.05, 0.1) is 6.42 Å². The molecule has 1 aliphatic heterocycles. The Kier molecular flexibility index (Phi) is 3.54. The second-order valence-corrected chi connectivity index (χ2v) is 5.07. The molecule has 1 aliphatic rings. The van der Waals surface area contributed by atoms with Crippen LogP contribution in [0, 0.1) is 11.6 Å². The van der Waals surface area contributed by atoms with Crippen LogP contribution in [0.5, 0.6) is 5.75 Å². The Morgan fingerprint density at radius 1 is 1.50 bits per heavy atom. The standard InChI is InChI=1S/C11H10BrF2NO3/c12-6-1-7(13)10(14)8(2-6)18-11(3-9(16)17)4-15-5-11/h1-2,15H,3-5H2,(H,16,17). The van der Waals surface area contributed by atoms with Gasteiger partial charge in [0.25, 0.3) is 0 Å². The molecule has 0 amide bonds. The van der Waals surface area contributed by atoms with Crippen LogP contribution in [0.1, 0.15) is 6.42 Å². The maximum absolute atomic E-state index is 13.5. The third-order valence-corrected chi connectivity index (χ3v) is 3.11. The zero-order valence-electron chi connectivity index (χ0n) is 9.17. The van der Waals surface area contributed by atoms with Crippen LogP contribution in [0.15, 0.2) is 16.6 Å². The summed E-state index contributed by atoms with van der Waals surface area (Å²) in [4.78, 5) is 10.7. The highest BCUT2D eigenvalue weighted by atomic mass is 79.9. The van der Waals surface area contributed by atoms with Crippen molar-refractivity contribution in [3.63, 3.8) is 0 Å². The van der Waals surface area contributed by atoms with Gasteiger partial charge in [-0.05, 0) is 12.1 Å². The minimum Gasteiger partial charge on any atom is -0.481 e. The van der Waals surface area contributed by atoms with Crippen molar-refractivity contribution in [2.75, 3.05) is 13.1 Å². The Balaban J connectivity index is 2.25. The fourth-order valence-corrected chi connectivity index (χ4v) is 2.16. The predicted molar refractivity (Wildman–Crippen MR) is 62.5 cm³/mol. The van der Waals surface area contributed by atoms with Crippen molar-refractivity contribution in [3.05, 3.63) is 28.2 Å². The van der Waals surface area contributed by atoms with Crippen LogP contribution in [0.2, 0.25) is 0 Å². The van der Waals surface area contributed by atoms with Crippen molar-refractivity contribution in [1.29, 1.82) is 0 Å². The van der Waals surface area contributed by atoms with E-state index in [9.17, 15) is 13.6 Å². The second-order valence-electron chi connectivity index (χ2n) is 4.16. The summed E-state index contributed by atoms with van der Waals surface area (Å²) in [5.74, 6) is -3.50. The molecule has 0 bridgehead atoms. The van der Waals surface area contributed by atoms with Crippen LogP contribution in [0.3, 0.4) is 0 Å². The first kappa shape index (κ1) is 13.2. The summed E-state index contributed by atoms with van der Waals surface area (Å²) in [5, 5.41) is 11.6. The lowest BCUT2D eigenvalue weighted by molar-refractivity contribution is -0.143. The Hall–Kier alpha value is -1.21. The monoisotopic (exact) mass is 321 g/mol. The van der Waals surface area contributed by atoms with Crippen molar-refractivity contribution in [1.82, 2.24) is 5.32 Å². The number of carbonyl (C=O) groups is 1. The fourth-order valence-electron chi connectivity index (χ4n) is 1.75. The molecule has 1 fully saturated rings. The molecule has 0 atom stereocenters. The van der Waals surface area contributed by atoms with Gasteiger partial charge in [0.2, 0.25) is 5.82 Å². The number of aliphatic carboxylic acids is 1. The van der Waals surface area contributed by atoms with Gasteiger partial charge in [-0.2, -0.15) is 4.39 Å². The first-order chi connectivity index (χ1) is 8.42. The van der Waals surface area contributed by atoms with Crippen molar-refractivity contribution in [2.45, 2.75) is 12.0 Å². The smallest absolute Gasteiger partial charge is 0.307 e. The largest absolute Gasteiger partial charge is 0.481 e. The van der Waals surface area contributed by atoms with Gasteiger partial charge in [0.1, 0.15) is 5.60 Å². The lowest BCUT2D eigenvalue weighted by atomic mass is 9.92. The van der Waals surface area contributed by atoms with Crippen molar-refractivity contribution < 1.29 is 23.4 Å². The van der Waals surface area contributed by atoms with Gasteiger partial charge >= 0.3 is 5.97 Å². The summed E-state index contributed by atoms with van der Waals surface area (Å²) >= 11 is 3.03. The molecule has 1 aromatic carbocycles. The number of hydrogen-bond acceptors (Lipinski definition) is 3. The zero-order valence-corrected chi connectivity index (χ0v) is 10.8. The Morgan fingerprint density at radius 3 is 2.67 bits per heavy atom. The highest BCUT2D eigenvalue weighted by Crippen LogP contribution is 2.31. The topological polar surface area (TPSA) is 58.6 Å². The van der Waals surface area contributed by atoms with E-state index in [2.05, 4.69) is 21.2 Å². The third-order valence-electron chi connectivity index (χ3n) is 2.65. The van der Waals surface area contributed by atoms with Crippen LogP contribution in [0.25, 0.3) is 0 Å². The number of carboxylic acid groups (broad SMARTS) is 1. The number of nitrogens with one attached hydrogen (secondary N) is 1. The van der Waals surface area contributed by atoms with E-state index >= 15 is 0 Å². The molecule has 0 unspecified atom stereocenters. The summed E-state index contributed by atoms with van der Waals surface area (Å²) < 4.78 is 32.4. The molecular weight excluding hydrogens is 312 g/mol. The number of ether oxygens (including phenoxy) is 1. The highest BCUT2D eigenvalue weighted by Gasteiger charge is 2.42. The minimum absolute atomic E-state index is 0.270. The van der Waals surface area contributed by atoms with E-state index < -0.39 is 23.2 Å². The molecule has 1 saturated heterocycles. The maximum atomic E-state index is 13.5. The Morgan fingerprint density at radius 2 is 2.17 bits per heavy atom. The van der Waals surface area contributed by atoms with Gasteiger partial charge in [-0.25, -0.2) is 4.39 Å². The van der Waals surface area contributed by atoms with E-state index in [1.165, 1.54) is 6.07 Å². The highest BCUT2D eigenvalue weighted by molar-refractivity contribution is 9.10. The van der Waals surface area contributed by atoms with Crippen molar-refractivity contribution in [3.8, 4) is 5.75 Å². The summed E-state index contributed by atoms with van der Waals surface area (Å²) in [6.45, 7) is 0.569. The van der Waals surface area contributed by atoms with Crippen LogP contribution >= 0.6 is 15.9 Å². The van der Waals surface area contributed by atoms with Crippen LogP contribution in [-0.4, -0.2) is 29.8 Å². The average molecular weight is 322 g/mol. The first-order valence-corrected chi connectivity index (χ1v) is 5.97. The van der Waals surface area contributed by atoms with E-state index in [4.69, 9.17) is 9.84 Å².